The number of carbonyl (C=O) groups is 3. The lowest BCUT2D eigenvalue weighted by molar-refractivity contribution is -0.136. The van der Waals surface area contributed by atoms with Crippen LogP contribution in [0.4, 0.5) is 10.1 Å². The van der Waals surface area contributed by atoms with Crippen molar-refractivity contribution in [2.24, 2.45) is 0 Å². The maximum absolute atomic E-state index is 14.0. The molecule has 1 saturated heterocycles. The number of halogens is 1. The topological polar surface area (TPSA) is 92.5 Å². The molecule has 3 amide bonds. The van der Waals surface area contributed by atoms with Crippen LogP contribution in [0.15, 0.2) is 12.1 Å². The van der Waals surface area contributed by atoms with Gasteiger partial charge in [0.05, 0.1) is 6.85 Å². The Bertz CT molecular complexity index is 938. The van der Waals surface area contributed by atoms with E-state index in [1.54, 1.807) is 5.32 Å². The van der Waals surface area contributed by atoms with Crippen LogP contribution >= 0.6 is 0 Å². The number of piperidine rings is 1. The van der Waals surface area contributed by atoms with Crippen LogP contribution in [0.5, 0.6) is 0 Å². The number of amides is 3. The van der Waals surface area contributed by atoms with Gasteiger partial charge >= 0.3 is 0 Å². The van der Waals surface area contributed by atoms with E-state index in [0.29, 0.717) is 0 Å². The lowest BCUT2D eigenvalue weighted by Gasteiger charge is -2.29. The Hall–Kier alpha value is -2.44. The summed E-state index contributed by atoms with van der Waals surface area (Å²) in [5, 5.41) is 1.68. The monoisotopic (exact) mass is 284 g/mol. The van der Waals surface area contributed by atoms with Gasteiger partial charge in [-0.25, -0.2) is 4.39 Å². The highest BCUT2D eigenvalue weighted by Crippen LogP contribution is 2.31. The molecule has 0 bridgehead atoms. The quantitative estimate of drug-likeness (QED) is 0.568. The van der Waals surface area contributed by atoms with Gasteiger partial charge in [0.1, 0.15) is 11.8 Å². The van der Waals surface area contributed by atoms with Gasteiger partial charge in [0.25, 0.3) is 5.91 Å². The molecule has 6 nitrogen and oxygen atoms in total. The average Bonchev–Trinajstić information content (AvgIpc) is 2.74. The first-order valence-electron chi connectivity index (χ1n) is 8.97. The van der Waals surface area contributed by atoms with E-state index in [1.165, 1.54) is 0 Å². The van der Waals surface area contributed by atoms with Crippen molar-refractivity contribution in [2.45, 2.75) is 25.3 Å². The summed E-state index contributed by atoms with van der Waals surface area (Å²) in [6.07, 6.45) is -4.02. The minimum atomic E-state index is -3.25. The molecular formula is C13H12FN3O3. The molecule has 0 aromatic heterocycles. The van der Waals surface area contributed by atoms with E-state index >= 15 is 0 Å². The molecule has 0 saturated carbocycles. The first-order valence-corrected chi connectivity index (χ1v) is 5.47. The molecule has 1 aromatic carbocycles. The Labute approximate surface area is 123 Å². The van der Waals surface area contributed by atoms with E-state index in [2.05, 4.69) is 0 Å². The predicted octanol–water partition coefficient (Wildman–Crippen LogP) is 0.169. The molecule has 0 spiro atoms. The van der Waals surface area contributed by atoms with Crippen LogP contribution in [0.3, 0.4) is 0 Å². The van der Waals surface area contributed by atoms with Gasteiger partial charge in [-0.1, -0.05) is 0 Å². The number of nitrogens with two attached hydrogens (primary N) is 1. The lowest BCUT2D eigenvalue weighted by Crippen LogP contribution is -2.52. The van der Waals surface area contributed by atoms with Gasteiger partial charge in [-0.15, -0.1) is 0 Å². The van der Waals surface area contributed by atoms with E-state index in [-0.39, 0.29) is 4.90 Å². The Morgan fingerprint density at radius 2 is 2.25 bits per heavy atom. The fraction of sp³-hybridized carbons (Fsp3) is 0.308. The Morgan fingerprint density at radius 1 is 1.50 bits per heavy atom. The second kappa shape index (κ2) is 4.29. The fourth-order valence-electron chi connectivity index (χ4n) is 1.88. The van der Waals surface area contributed by atoms with Crippen LogP contribution in [-0.2, 0) is 16.1 Å². The summed E-state index contributed by atoms with van der Waals surface area (Å²) in [6, 6.07) is -5.45. The van der Waals surface area contributed by atoms with E-state index in [4.69, 9.17) is 15.3 Å². The van der Waals surface area contributed by atoms with Gasteiger partial charge in [0.15, 0.2) is 0 Å². The fourth-order valence-corrected chi connectivity index (χ4v) is 1.88. The smallest absolute Gasteiger partial charge is 0.255 e. The van der Waals surface area contributed by atoms with Crippen molar-refractivity contribution in [3.63, 3.8) is 0 Å². The van der Waals surface area contributed by atoms with Gasteiger partial charge in [0, 0.05) is 32.5 Å². The molecule has 7 heteroatoms. The summed E-state index contributed by atoms with van der Waals surface area (Å²) < 4.78 is 69.8. The van der Waals surface area contributed by atoms with Crippen LogP contribution in [0.1, 0.15) is 38.3 Å². The summed E-state index contributed by atoms with van der Waals surface area (Å²) in [5.74, 6) is -5.67. The predicted molar refractivity (Wildman–Crippen MR) is 66.9 cm³/mol. The highest BCUT2D eigenvalue weighted by atomic mass is 19.1. The van der Waals surface area contributed by atoms with Crippen molar-refractivity contribution in [1.29, 1.82) is 0 Å². The standard InChI is InChI=1S/C13H12FN3O3/c14-6-3-7-8(9(15)4-6)5-17(13(7)20)10-1-2-11(18)16-12(10)19/h3-4,10H,1-2,5,15H2,(H,16,18,19)/i1D2,3D,4D,5D2,10D. The number of fused-ring (bicyclic) bond motifs is 1. The number of anilines is 1. The lowest BCUT2D eigenvalue weighted by atomic mass is 10.0. The van der Waals surface area contributed by atoms with Crippen LogP contribution in [0, 0.1) is 5.82 Å². The number of nitrogens with zero attached hydrogens (tertiary/aromatic N) is 1. The number of rotatable bonds is 1. The highest BCUT2D eigenvalue weighted by molar-refractivity contribution is 6.06. The number of nitrogens with one attached hydrogen (secondary N) is 1. The van der Waals surface area contributed by atoms with Crippen LogP contribution in [0.2, 0.25) is 0 Å². The van der Waals surface area contributed by atoms with Crippen LogP contribution in [-0.4, -0.2) is 28.6 Å². The third kappa shape index (κ3) is 1.82. The zero-order chi connectivity index (χ0) is 20.7. The third-order valence-corrected chi connectivity index (χ3v) is 2.75. The Morgan fingerprint density at radius 3 is 2.95 bits per heavy atom. The molecule has 2 aliphatic rings. The van der Waals surface area contributed by atoms with Crippen molar-refractivity contribution in [1.82, 2.24) is 10.2 Å². The summed E-state index contributed by atoms with van der Waals surface area (Å²) in [4.78, 5) is 36.5. The van der Waals surface area contributed by atoms with Crippen molar-refractivity contribution >= 4 is 23.4 Å². The highest BCUT2D eigenvalue weighted by Gasteiger charge is 2.39. The zero-order valence-corrected chi connectivity index (χ0v) is 9.83. The van der Waals surface area contributed by atoms with Gasteiger partial charge in [-0.2, -0.15) is 0 Å². The van der Waals surface area contributed by atoms with E-state index in [0.717, 1.165) is 0 Å². The number of imide groups is 1. The van der Waals surface area contributed by atoms with Crippen molar-refractivity contribution in [3.05, 3.63) is 29.0 Å². The Kier molecular flexibility index (Phi) is 1.47. The minimum Gasteiger partial charge on any atom is -0.398 e. The number of carbonyl (C=O) groups excluding carboxylic acids is 3. The molecule has 1 aromatic rings. The number of benzene rings is 1. The summed E-state index contributed by atoms with van der Waals surface area (Å²) in [6.45, 7) is -3.12. The van der Waals surface area contributed by atoms with Gasteiger partial charge in [-0.05, 0) is 18.5 Å². The molecule has 1 unspecified atom stereocenters. The third-order valence-electron chi connectivity index (χ3n) is 2.75. The van der Waals surface area contributed by atoms with E-state index < -0.39 is 77.7 Å². The SMILES string of the molecule is [2H]c1c(N)c2c(c([2H])c1F)C(=O)N(C1([2H])C(=O)NC(=O)CC1([2H])[2H])C2([2H])[2H]. The number of hydrogen-bond acceptors (Lipinski definition) is 4. The summed E-state index contributed by atoms with van der Waals surface area (Å²) in [5.41, 5.74) is 3.05. The second-order valence-corrected chi connectivity index (χ2v) is 4.06. The van der Waals surface area contributed by atoms with Crippen molar-refractivity contribution in [2.75, 3.05) is 5.73 Å². The maximum atomic E-state index is 14.0. The summed E-state index contributed by atoms with van der Waals surface area (Å²) >= 11 is 0. The first kappa shape index (κ1) is 6.83. The van der Waals surface area contributed by atoms with E-state index in [1.807, 2.05) is 0 Å². The van der Waals surface area contributed by atoms with Crippen LogP contribution in [0.25, 0.3) is 0 Å². The zero-order valence-electron chi connectivity index (χ0n) is 16.8. The van der Waals surface area contributed by atoms with Gasteiger partial charge in [-0.3, -0.25) is 19.7 Å². The molecule has 1 fully saturated rings. The molecular weight excluding hydrogens is 265 g/mol. The molecule has 1 atom stereocenters. The van der Waals surface area contributed by atoms with Crippen LogP contribution < -0.4 is 11.1 Å². The normalized spacial score (nSPS) is 35.8. The molecule has 2 heterocycles. The van der Waals surface area contributed by atoms with Gasteiger partial charge < -0.3 is 10.6 Å². The molecule has 2 aliphatic heterocycles. The molecule has 3 N–H and O–H groups in total. The molecule has 104 valence electrons. The Balaban J connectivity index is 2.32. The molecule has 0 aliphatic carbocycles. The molecule has 3 rings (SSSR count). The molecule has 20 heavy (non-hydrogen) atoms. The maximum Gasteiger partial charge on any atom is 0.255 e. The largest absolute Gasteiger partial charge is 0.398 e. The number of nitrogen functional groups attached to an aromatic ring is 1. The van der Waals surface area contributed by atoms with Crippen molar-refractivity contribution in [3.8, 4) is 0 Å². The molecule has 0 radical (unpaired) electrons. The van der Waals surface area contributed by atoms with Gasteiger partial charge in [0.2, 0.25) is 11.8 Å². The first-order chi connectivity index (χ1) is 12.2. The van der Waals surface area contributed by atoms with Crippen molar-refractivity contribution < 1.29 is 28.4 Å². The van der Waals surface area contributed by atoms with E-state index in [9.17, 15) is 18.8 Å². The average molecular weight is 284 g/mol. The summed E-state index contributed by atoms with van der Waals surface area (Å²) in [7, 11) is 0. The second-order valence-electron chi connectivity index (χ2n) is 4.06. The minimum absolute atomic E-state index is 0.0975. The number of hydrogen-bond donors (Lipinski definition) is 2.